The molecular weight excluding hydrogens is 801 g/mol. The van der Waals surface area contributed by atoms with Crippen molar-refractivity contribution < 1.29 is 35.6 Å². The number of nitrogens with one attached hydrogen (secondary N) is 5. The summed E-state index contributed by atoms with van der Waals surface area (Å²) in [4.78, 5) is 48.6. The minimum Gasteiger partial charge on any atom is -0.494 e. The summed E-state index contributed by atoms with van der Waals surface area (Å²) >= 11 is 6.18. The van der Waals surface area contributed by atoms with Gasteiger partial charge in [0.15, 0.2) is 11.6 Å². The maximum atomic E-state index is 13.8. The number of sulfone groups is 2. The van der Waals surface area contributed by atoms with Crippen molar-refractivity contribution >= 4 is 76.7 Å². The van der Waals surface area contributed by atoms with Gasteiger partial charge in [-0.3, -0.25) is 9.59 Å². The van der Waals surface area contributed by atoms with Crippen molar-refractivity contribution in [2.45, 2.75) is 51.4 Å². The van der Waals surface area contributed by atoms with Crippen LogP contribution in [0.25, 0.3) is 22.1 Å². The Bertz CT molecular complexity index is 2510. The number of hydrogen-bond donors (Lipinski definition) is 5. The Labute approximate surface area is 334 Å². The molecule has 2 atom stereocenters. The number of aryl methyl sites for hydroxylation is 2. The van der Waals surface area contributed by atoms with E-state index in [1.165, 1.54) is 38.3 Å². The molecule has 2 amide bonds. The molecule has 1 aromatic carbocycles. The first-order valence-corrected chi connectivity index (χ1v) is 23.0. The zero-order valence-electron chi connectivity index (χ0n) is 31.7. The number of H-pyrrole nitrogens is 2. The van der Waals surface area contributed by atoms with E-state index < -0.39 is 25.5 Å². The van der Waals surface area contributed by atoms with E-state index in [0.717, 1.165) is 46.1 Å². The van der Waals surface area contributed by atoms with Gasteiger partial charge in [-0.2, -0.15) is 0 Å². The van der Waals surface area contributed by atoms with Gasteiger partial charge in [0.1, 0.15) is 54.6 Å². The van der Waals surface area contributed by atoms with Crippen molar-refractivity contribution in [1.29, 1.82) is 0 Å². The minimum absolute atomic E-state index is 0.0449. The van der Waals surface area contributed by atoms with Crippen LogP contribution in [0.3, 0.4) is 0 Å². The first-order chi connectivity index (χ1) is 27.1. The fraction of sp³-hybridized carbons (Fsp3) is 0.459. The molecule has 0 saturated heterocycles. The number of hydrogen-bond acceptors (Lipinski definition) is 12. The fourth-order valence-corrected chi connectivity index (χ4v) is 8.82. The molecule has 306 valence electrons. The molecular formula is C37H45ClFN9O7S2. The fourth-order valence-electron chi connectivity index (χ4n) is 7.24. The molecule has 16 nitrogen and oxygen atoms in total. The number of anilines is 2. The lowest BCUT2D eigenvalue weighted by Crippen LogP contribution is -2.35. The van der Waals surface area contributed by atoms with Gasteiger partial charge in [0.25, 0.3) is 0 Å². The first-order valence-electron chi connectivity index (χ1n) is 18.5. The number of aromatic nitrogens is 6. The van der Waals surface area contributed by atoms with Crippen LogP contribution in [-0.4, -0.2) is 103 Å². The smallest absolute Gasteiger partial charge is 0.223 e. The number of aromatic amines is 2. The molecule has 0 aliphatic heterocycles. The second-order valence-electron chi connectivity index (χ2n) is 14.4. The number of ether oxygens (including phenoxy) is 1. The SMILES string of the molecule is COc1cc(Nc2ncnc3[nH]c4c(c23)CC(C(=O)NCCCS(C)(=O)=O)CC4)ccc1F.CS(=O)(=O)CCCNC(=O)C1CCc2[nH]c3ncnc(Cl)c3c2C1. The molecule has 5 N–H and O–H groups in total. The average molecular weight is 846 g/mol. The summed E-state index contributed by atoms with van der Waals surface area (Å²) in [6.07, 6.45) is 10.0. The lowest BCUT2D eigenvalue weighted by molar-refractivity contribution is -0.126. The zero-order chi connectivity index (χ0) is 40.9. The molecule has 0 bridgehead atoms. The molecule has 5 aromatic rings. The van der Waals surface area contributed by atoms with Gasteiger partial charge in [0.05, 0.1) is 29.4 Å². The highest BCUT2D eigenvalue weighted by Crippen LogP contribution is 2.36. The van der Waals surface area contributed by atoms with Crippen LogP contribution in [0.5, 0.6) is 5.75 Å². The van der Waals surface area contributed by atoms with E-state index >= 15 is 0 Å². The van der Waals surface area contributed by atoms with E-state index in [1.54, 1.807) is 12.1 Å². The van der Waals surface area contributed by atoms with Crippen molar-refractivity contribution in [3.8, 4) is 5.75 Å². The molecule has 4 heterocycles. The van der Waals surface area contributed by atoms with E-state index in [9.17, 15) is 30.8 Å². The van der Waals surface area contributed by atoms with Gasteiger partial charge < -0.3 is 30.7 Å². The monoisotopic (exact) mass is 845 g/mol. The lowest BCUT2D eigenvalue weighted by Gasteiger charge is -2.22. The minimum atomic E-state index is -3.05. The summed E-state index contributed by atoms with van der Waals surface area (Å²) in [6.45, 7) is 0.693. The molecule has 7 rings (SSSR count). The number of halogens is 2. The normalized spacial score (nSPS) is 16.6. The van der Waals surface area contributed by atoms with Crippen molar-refractivity contribution in [3.63, 3.8) is 0 Å². The number of benzene rings is 1. The first kappa shape index (κ1) is 41.7. The molecule has 2 aliphatic carbocycles. The maximum Gasteiger partial charge on any atom is 0.223 e. The number of fused-ring (bicyclic) bond motifs is 6. The summed E-state index contributed by atoms with van der Waals surface area (Å²) < 4.78 is 63.6. The Morgan fingerprint density at radius 3 is 1.89 bits per heavy atom. The molecule has 20 heteroatoms. The highest BCUT2D eigenvalue weighted by Gasteiger charge is 2.30. The van der Waals surface area contributed by atoms with Gasteiger partial charge in [0.2, 0.25) is 11.8 Å². The summed E-state index contributed by atoms with van der Waals surface area (Å²) in [6, 6.07) is 4.46. The van der Waals surface area contributed by atoms with Crippen molar-refractivity contribution in [3.05, 3.63) is 64.3 Å². The summed E-state index contributed by atoms with van der Waals surface area (Å²) in [5.74, 6) is -0.160. The van der Waals surface area contributed by atoms with Crippen molar-refractivity contribution in [2.75, 3.05) is 49.5 Å². The van der Waals surface area contributed by atoms with Gasteiger partial charge >= 0.3 is 0 Å². The molecule has 0 radical (unpaired) electrons. The molecule has 0 fully saturated rings. The zero-order valence-corrected chi connectivity index (χ0v) is 34.1. The van der Waals surface area contributed by atoms with Gasteiger partial charge in [-0.05, 0) is 74.6 Å². The van der Waals surface area contributed by atoms with Gasteiger partial charge in [-0.15, -0.1) is 0 Å². The predicted octanol–water partition coefficient (Wildman–Crippen LogP) is 3.77. The molecule has 2 aliphatic rings. The average Bonchev–Trinajstić information content (AvgIpc) is 3.74. The standard InChI is InChI=1S/C22H26FN5O4S.C15H19ClN4O3S/c1-32-18-11-14(5-6-16(18)23)27-20-19-15-10-13(22(29)24-8-3-9-33(2,30)31)4-7-17(15)28-21(19)26-12-25-20;1-24(22,23)6-2-5-17-15(21)9-3-4-11-10(7-9)12-13(16)18-8-19-14(12)20-11/h5-6,11-13H,3-4,7-10H2,1-2H3,(H,24,29)(H2,25,26,27,28);8-9H,2-7H2,1H3,(H,17,21)(H,18,19,20). The van der Waals surface area contributed by atoms with Crippen LogP contribution in [0.4, 0.5) is 15.9 Å². The van der Waals surface area contributed by atoms with Crippen LogP contribution in [-0.2, 0) is 54.9 Å². The largest absolute Gasteiger partial charge is 0.494 e. The van der Waals surface area contributed by atoms with Crippen LogP contribution in [0, 0.1) is 17.7 Å². The number of rotatable bonds is 13. The Balaban J connectivity index is 0.000000203. The Kier molecular flexibility index (Phi) is 13.0. The van der Waals surface area contributed by atoms with E-state index in [-0.39, 0.29) is 40.9 Å². The second-order valence-corrected chi connectivity index (χ2v) is 19.3. The molecule has 4 aromatic heterocycles. The summed E-state index contributed by atoms with van der Waals surface area (Å²) in [7, 11) is -4.64. The molecule has 0 spiro atoms. The maximum absolute atomic E-state index is 13.8. The Morgan fingerprint density at radius 1 is 0.825 bits per heavy atom. The van der Waals surface area contributed by atoms with Crippen LogP contribution >= 0.6 is 11.6 Å². The van der Waals surface area contributed by atoms with Crippen LogP contribution in [0.2, 0.25) is 5.15 Å². The van der Waals surface area contributed by atoms with Gasteiger partial charge in [0, 0.05) is 60.6 Å². The third-order valence-electron chi connectivity index (χ3n) is 10.0. The van der Waals surface area contributed by atoms with Crippen LogP contribution in [0.1, 0.15) is 48.2 Å². The van der Waals surface area contributed by atoms with Crippen LogP contribution < -0.4 is 20.7 Å². The number of carbonyl (C=O) groups is 2. The Hall–Kier alpha value is -4.88. The van der Waals surface area contributed by atoms with E-state index in [0.29, 0.717) is 79.6 Å². The number of amides is 2. The number of carbonyl (C=O) groups excluding carboxylic acids is 2. The third kappa shape index (κ3) is 10.6. The highest BCUT2D eigenvalue weighted by molar-refractivity contribution is 7.90. The number of nitrogens with zero attached hydrogens (tertiary/aromatic N) is 4. The predicted molar refractivity (Wildman–Crippen MR) is 215 cm³/mol. The van der Waals surface area contributed by atoms with E-state index in [2.05, 4.69) is 45.9 Å². The summed E-state index contributed by atoms with van der Waals surface area (Å²) in [5, 5.41) is 10.9. The van der Waals surface area contributed by atoms with Gasteiger partial charge in [-0.1, -0.05) is 11.6 Å². The number of methoxy groups -OCH3 is 1. The highest BCUT2D eigenvalue weighted by atomic mass is 35.5. The molecule has 0 saturated carbocycles. The Morgan fingerprint density at radius 2 is 1.35 bits per heavy atom. The quantitative estimate of drug-likeness (QED) is 0.0843. The topological polar surface area (TPSA) is 231 Å². The molecule has 57 heavy (non-hydrogen) atoms. The van der Waals surface area contributed by atoms with E-state index in [1.807, 2.05) is 0 Å². The summed E-state index contributed by atoms with van der Waals surface area (Å²) in [5.41, 5.74) is 6.05. The van der Waals surface area contributed by atoms with Crippen LogP contribution in [0.15, 0.2) is 30.9 Å². The van der Waals surface area contributed by atoms with Gasteiger partial charge in [-0.25, -0.2) is 41.2 Å². The van der Waals surface area contributed by atoms with E-state index in [4.69, 9.17) is 16.3 Å². The second kappa shape index (κ2) is 17.7. The van der Waals surface area contributed by atoms with Crippen molar-refractivity contribution in [1.82, 2.24) is 40.5 Å². The van der Waals surface area contributed by atoms with Crippen molar-refractivity contribution in [2.24, 2.45) is 11.8 Å². The third-order valence-corrected chi connectivity index (χ3v) is 12.4. The molecule has 2 unspecified atom stereocenters. The lowest BCUT2D eigenvalue weighted by atomic mass is 9.86.